The van der Waals surface area contributed by atoms with Crippen LogP contribution in [0.2, 0.25) is 0 Å². The fraction of sp³-hybridized carbons (Fsp3) is 0.360. The second-order valence-electron chi connectivity index (χ2n) is 8.44. The molecule has 0 bridgehead atoms. The Labute approximate surface area is 173 Å². The highest BCUT2D eigenvalue weighted by Crippen LogP contribution is 2.26. The molecule has 0 aliphatic carbocycles. The molecule has 1 saturated heterocycles. The molecule has 0 saturated carbocycles. The third kappa shape index (κ3) is 3.98. The Morgan fingerprint density at radius 3 is 2.28 bits per heavy atom. The van der Waals surface area contributed by atoms with Gasteiger partial charge in [-0.3, -0.25) is 4.79 Å². The number of aryl methyl sites for hydroxylation is 3. The molecule has 0 unspecified atom stereocenters. The van der Waals surface area contributed by atoms with E-state index in [4.69, 9.17) is 5.10 Å². The van der Waals surface area contributed by atoms with E-state index in [1.165, 1.54) is 16.7 Å². The summed E-state index contributed by atoms with van der Waals surface area (Å²) in [4.78, 5) is 15.4. The van der Waals surface area contributed by atoms with Crippen molar-refractivity contribution in [3.05, 3.63) is 70.9 Å². The van der Waals surface area contributed by atoms with Crippen LogP contribution in [0.25, 0.3) is 16.9 Å². The molecule has 1 aliphatic rings. The van der Waals surface area contributed by atoms with Crippen LogP contribution in [0, 0.1) is 26.7 Å². The van der Waals surface area contributed by atoms with E-state index < -0.39 is 0 Å². The zero-order chi connectivity index (χ0) is 20.5. The van der Waals surface area contributed by atoms with E-state index in [2.05, 4.69) is 58.0 Å². The van der Waals surface area contributed by atoms with Gasteiger partial charge in [0.2, 0.25) is 0 Å². The first kappa shape index (κ1) is 19.4. The van der Waals surface area contributed by atoms with Crippen LogP contribution in [0.5, 0.6) is 0 Å². The molecule has 0 spiro atoms. The van der Waals surface area contributed by atoms with Crippen LogP contribution < -0.4 is 0 Å². The van der Waals surface area contributed by atoms with E-state index in [1.807, 2.05) is 27.8 Å². The molecule has 4 nitrogen and oxygen atoms in total. The number of nitrogens with zero attached hydrogens (tertiary/aromatic N) is 3. The Hall–Kier alpha value is -2.88. The summed E-state index contributed by atoms with van der Waals surface area (Å²) < 4.78 is 1.81. The third-order valence-electron chi connectivity index (χ3n) is 6.08. The number of rotatable bonds is 3. The summed E-state index contributed by atoms with van der Waals surface area (Å²) >= 11 is 0. The Bertz CT molecular complexity index is 1020. The molecule has 0 radical (unpaired) electrons. The van der Waals surface area contributed by atoms with Gasteiger partial charge in [0, 0.05) is 18.7 Å². The molecule has 0 N–H and O–H groups in total. The third-order valence-corrected chi connectivity index (χ3v) is 6.08. The van der Waals surface area contributed by atoms with Crippen molar-refractivity contribution >= 4 is 5.91 Å². The van der Waals surface area contributed by atoms with Gasteiger partial charge < -0.3 is 4.90 Å². The highest BCUT2D eigenvalue weighted by molar-refractivity contribution is 5.94. The molecule has 4 heteroatoms. The number of amides is 1. The molecule has 0 atom stereocenters. The highest BCUT2D eigenvalue weighted by atomic mass is 16.2. The van der Waals surface area contributed by atoms with Crippen molar-refractivity contribution in [3.63, 3.8) is 0 Å². The topological polar surface area (TPSA) is 38.1 Å². The minimum Gasteiger partial charge on any atom is -0.337 e. The van der Waals surface area contributed by atoms with Crippen LogP contribution in [0.4, 0.5) is 0 Å². The summed E-state index contributed by atoms with van der Waals surface area (Å²) in [6, 6.07) is 16.5. The molecule has 150 valence electrons. The predicted molar refractivity (Wildman–Crippen MR) is 118 cm³/mol. The fourth-order valence-electron chi connectivity index (χ4n) is 3.83. The zero-order valence-electron chi connectivity index (χ0n) is 17.8. The lowest BCUT2D eigenvalue weighted by molar-refractivity contribution is 0.0688. The maximum absolute atomic E-state index is 13.4. The number of hydrogen-bond acceptors (Lipinski definition) is 2. The number of carbonyl (C=O) groups is 1. The van der Waals surface area contributed by atoms with Gasteiger partial charge >= 0.3 is 0 Å². The van der Waals surface area contributed by atoms with E-state index in [-0.39, 0.29) is 5.91 Å². The molecule has 3 aromatic rings. The molecule has 29 heavy (non-hydrogen) atoms. The van der Waals surface area contributed by atoms with Crippen molar-refractivity contribution in [2.24, 2.45) is 5.92 Å². The van der Waals surface area contributed by atoms with Gasteiger partial charge in [0.05, 0.1) is 11.4 Å². The summed E-state index contributed by atoms with van der Waals surface area (Å²) in [7, 11) is 0. The fourth-order valence-corrected chi connectivity index (χ4v) is 3.83. The molecule has 2 heterocycles. The number of benzene rings is 2. The lowest BCUT2D eigenvalue weighted by Gasteiger charge is -2.30. The number of carbonyl (C=O) groups excluding carboxylic acids is 1. The Morgan fingerprint density at radius 2 is 1.62 bits per heavy atom. The summed E-state index contributed by atoms with van der Waals surface area (Å²) in [5.74, 6) is 0.757. The first-order valence-corrected chi connectivity index (χ1v) is 10.5. The van der Waals surface area contributed by atoms with E-state index in [0.29, 0.717) is 11.6 Å². The second-order valence-corrected chi connectivity index (χ2v) is 8.44. The summed E-state index contributed by atoms with van der Waals surface area (Å²) in [5, 5.41) is 4.85. The number of likely N-dealkylation sites (tertiary alicyclic amines) is 1. The smallest absolute Gasteiger partial charge is 0.272 e. The monoisotopic (exact) mass is 387 g/mol. The maximum atomic E-state index is 13.4. The van der Waals surface area contributed by atoms with Crippen LogP contribution in [0.1, 0.15) is 46.9 Å². The van der Waals surface area contributed by atoms with Gasteiger partial charge in [-0.2, -0.15) is 5.10 Å². The SMILES string of the molecule is Cc1ccc(-n2nc(-c3ccc(C)c(C)c3)cc2C(=O)N2CCC(C)CC2)cc1. The first-order chi connectivity index (χ1) is 13.9. The van der Waals surface area contributed by atoms with E-state index in [0.717, 1.165) is 42.9 Å². The molecule has 4 rings (SSSR count). The van der Waals surface area contributed by atoms with Gasteiger partial charge in [0.25, 0.3) is 5.91 Å². The molecule has 1 amide bonds. The number of aromatic nitrogens is 2. The van der Waals surface area contributed by atoms with E-state index in [1.54, 1.807) is 0 Å². The Balaban J connectivity index is 1.77. The standard InChI is InChI=1S/C25H29N3O/c1-17-5-9-22(10-6-17)28-24(25(29)27-13-11-18(2)12-14-27)16-23(26-28)21-8-7-19(3)20(4)15-21/h5-10,15-16,18H,11-14H2,1-4H3. The molecule has 2 aromatic carbocycles. The van der Waals surface area contributed by atoms with Crippen molar-refractivity contribution in [1.29, 1.82) is 0 Å². The lowest BCUT2D eigenvalue weighted by Crippen LogP contribution is -2.38. The highest BCUT2D eigenvalue weighted by Gasteiger charge is 2.26. The van der Waals surface area contributed by atoms with Gasteiger partial charge in [-0.05, 0) is 74.9 Å². The van der Waals surface area contributed by atoms with E-state index >= 15 is 0 Å². The molecule has 1 fully saturated rings. The minimum absolute atomic E-state index is 0.0695. The lowest BCUT2D eigenvalue weighted by atomic mass is 9.99. The van der Waals surface area contributed by atoms with Gasteiger partial charge in [0.1, 0.15) is 5.69 Å². The zero-order valence-corrected chi connectivity index (χ0v) is 17.8. The normalized spacial score (nSPS) is 15.0. The van der Waals surface area contributed by atoms with Crippen LogP contribution in [-0.4, -0.2) is 33.7 Å². The van der Waals surface area contributed by atoms with Gasteiger partial charge in [-0.25, -0.2) is 4.68 Å². The van der Waals surface area contributed by atoms with Crippen LogP contribution >= 0.6 is 0 Å². The van der Waals surface area contributed by atoms with Crippen molar-refractivity contribution in [1.82, 2.24) is 14.7 Å². The van der Waals surface area contributed by atoms with Crippen molar-refractivity contribution in [2.75, 3.05) is 13.1 Å². The van der Waals surface area contributed by atoms with Gasteiger partial charge in [-0.15, -0.1) is 0 Å². The average molecular weight is 388 g/mol. The molecule has 1 aliphatic heterocycles. The summed E-state index contributed by atoms with van der Waals surface area (Å²) in [6.45, 7) is 10.2. The van der Waals surface area contributed by atoms with Crippen LogP contribution in [-0.2, 0) is 0 Å². The van der Waals surface area contributed by atoms with Gasteiger partial charge in [0.15, 0.2) is 0 Å². The predicted octanol–water partition coefficient (Wildman–Crippen LogP) is 5.34. The molecular weight excluding hydrogens is 358 g/mol. The van der Waals surface area contributed by atoms with Gasteiger partial charge in [-0.1, -0.05) is 36.8 Å². The maximum Gasteiger partial charge on any atom is 0.272 e. The Kier molecular flexibility index (Phi) is 5.27. The number of piperidine rings is 1. The van der Waals surface area contributed by atoms with E-state index in [9.17, 15) is 4.79 Å². The average Bonchev–Trinajstić information content (AvgIpc) is 3.16. The summed E-state index contributed by atoms with van der Waals surface area (Å²) in [5.41, 5.74) is 7.10. The molecular formula is C25H29N3O. The van der Waals surface area contributed by atoms with Crippen molar-refractivity contribution in [3.8, 4) is 16.9 Å². The van der Waals surface area contributed by atoms with Crippen molar-refractivity contribution < 1.29 is 4.79 Å². The largest absolute Gasteiger partial charge is 0.337 e. The van der Waals surface area contributed by atoms with Crippen molar-refractivity contribution in [2.45, 2.75) is 40.5 Å². The molecule has 1 aromatic heterocycles. The van der Waals surface area contributed by atoms with Crippen LogP contribution in [0.15, 0.2) is 48.5 Å². The first-order valence-electron chi connectivity index (χ1n) is 10.5. The Morgan fingerprint density at radius 1 is 0.931 bits per heavy atom. The number of hydrogen-bond donors (Lipinski definition) is 0. The second kappa shape index (κ2) is 7.86. The quantitative estimate of drug-likeness (QED) is 0.609. The van der Waals surface area contributed by atoms with Crippen LogP contribution in [0.3, 0.4) is 0 Å². The summed E-state index contributed by atoms with van der Waals surface area (Å²) in [6.07, 6.45) is 2.13. The minimum atomic E-state index is 0.0695.